The van der Waals surface area contributed by atoms with Gasteiger partial charge in [0.15, 0.2) is 0 Å². The van der Waals surface area contributed by atoms with Gasteiger partial charge in [-0.15, -0.1) is 11.3 Å². The Labute approximate surface area is 103 Å². The largest absolute Gasteiger partial charge is 0.398 e. The molecule has 0 unspecified atom stereocenters. The first kappa shape index (κ1) is 9.73. The van der Waals surface area contributed by atoms with Crippen LogP contribution in [-0.4, -0.2) is 0 Å². The van der Waals surface area contributed by atoms with Crippen molar-refractivity contribution in [3.63, 3.8) is 0 Å². The van der Waals surface area contributed by atoms with E-state index in [4.69, 9.17) is 5.73 Å². The molecule has 0 radical (unpaired) electrons. The zero-order valence-electron chi connectivity index (χ0n) is 6.68. The Morgan fingerprint density at radius 3 is 3.00 bits per heavy atom. The van der Waals surface area contributed by atoms with Crippen LogP contribution in [0, 0.1) is 3.57 Å². The first-order valence-corrected chi connectivity index (χ1v) is 6.82. The Morgan fingerprint density at radius 1 is 1.54 bits per heavy atom. The van der Waals surface area contributed by atoms with Crippen LogP contribution in [0.3, 0.4) is 0 Å². The third-order valence-electron chi connectivity index (χ3n) is 1.95. The number of nitrogens with two attached hydrogens (primary N) is 1. The van der Waals surface area contributed by atoms with Gasteiger partial charge in [-0.3, -0.25) is 0 Å². The minimum atomic E-state index is 0.824. The SMILES string of the molecule is Nc1cc2ccsc2c(I)c1CBr. The highest BCUT2D eigenvalue weighted by Crippen LogP contribution is 2.33. The fourth-order valence-electron chi connectivity index (χ4n) is 1.27. The lowest BCUT2D eigenvalue weighted by atomic mass is 10.1. The molecule has 0 bridgehead atoms. The summed E-state index contributed by atoms with van der Waals surface area (Å²) in [5.41, 5.74) is 8.01. The number of alkyl halides is 1. The van der Waals surface area contributed by atoms with Crippen molar-refractivity contribution in [1.82, 2.24) is 0 Å². The van der Waals surface area contributed by atoms with Gasteiger partial charge in [-0.2, -0.15) is 0 Å². The summed E-state index contributed by atoms with van der Waals surface area (Å²) in [6.07, 6.45) is 0. The van der Waals surface area contributed by atoms with Crippen molar-refractivity contribution in [2.24, 2.45) is 0 Å². The number of hydrogen-bond donors (Lipinski definition) is 1. The molecule has 68 valence electrons. The summed E-state index contributed by atoms with van der Waals surface area (Å²) in [5.74, 6) is 0. The molecule has 0 saturated heterocycles. The van der Waals surface area contributed by atoms with Crippen LogP contribution < -0.4 is 5.73 Å². The highest BCUT2D eigenvalue weighted by atomic mass is 127. The van der Waals surface area contributed by atoms with E-state index in [1.807, 2.05) is 6.07 Å². The number of nitrogen functional groups attached to an aromatic ring is 1. The number of halogens is 2. The van der Waals surface area contributed by atoms with Gasteiger partial charge in [0.05, 0.1) is 0 Å². The van der Waals surface area contributed by atoms with E-state index >= 15 is 0 Å². The van der Waals surface area contributed by atoms with Crippen molar-refractivity contribution < 1.29 is 0 Å². The summed E-state index contributed by atoms with van der Waals surface area (Å²) in [7, 11) is 0. The van der Waals surface area contributed by atoms with Crippen molar-refractivity contribution in [3.8, 4) is 0 Å². The van der Waals surface area contributed by atoms with Crippen LogP contribution in [0.1, 0.15) is 5.56 Å². The van der Waals surface area contributed by atoms with Gasteiger partial charge >= 0.3 is 0 Å². The number of rotatable bonds is 1. The van der Waals surface area contributed by atoms with Crippen molar-refractivity contribution in [2.45, 2.75) is 5.33 Å². The molecule has 2 N–H and O–H groups in total. The van der Waals surface area contributed by atoms with Gasteiger partial charge in [-0.1, -0.05) is 15.9 Å². The summed E-state index contributed by atoms with van der Waals surface area (Å²) in [4.78, 5) is 0. The summed E-state index contributed by atoms with van der Waals surface area (Å²) >= 11 is 7.58. The topological polar surface area (TPSA) is 26.0 Å². The highest BCUT2D eigenvalue weighted by molar-refractivity contribution is 14.1. The van der Waals surface area contributed by atoms with Gasteiger partial charge in [0.25, 0.3) is 0 Å². The molecule has 0 aliphatic heterocycles. The molecule has 0 aliphatic carbocycles. The predicted octanol–water partition coefficient (Wildman–Crippen LogP) is 3.98. The molecule has 0 amide bonds. The molecule has 0 aliphatic rings. The summed E-state index contributed by atoms with van der Waals surface area (Å²) < 4.78 is 2.61. The number of hydrogen-bond acceptors (Lipinski definition) is 2. The number of anilines is 1. The van der Waals surface area contributed by atoms with Gasteiger partial charge in [0.2, 0.25) is 0 Å². The molecular weight excluding hydrogens is 361 g/mol. The molecule has 2 rings (SSSR count). The molecule has 0 saturated carbocycles. The summed E-state index contributed by atoms with van der Waals surface area (Å²) in [6.45, 7) is 0. The van der Waals surface area contributed by atoms with E-state index in [-0.39, 0.29) is 0 Å². The van der Waals surface area contributed by atoms with Crippen LogP contribution in [0.5, 0.6) is 0 Å². The quantitative estimate of drug-likeness (QED) is 0.460. The molecule has 4 heteroatoms. The average molecular weight is 368 g/mol. The third kappa shape index (κ3) is 1.59. The Bertz CT molecular complexity index is 452. The first-order valence-electron chi connectivity index (χ1n) is 3.74. The molecular formula is C9H7BrINS. The normalized spacial score (nSPS) is 10.9. The maximum Gasteiger partial charge on any atom is 0.0480 e. The van der Waals surface area contributed by atoms with Gasteiger partial charge in [0.1, 0.15) is 0 Å². The zero-order valence-corrected chi connectivity index (χ0v) is 11.2. The standard InChI is InChI=1S/C9H7BrINS/c10-4-6-7(12)3-5-1-2-13-9(5)8(6)11/h1-3H,4,12H2. The van der Waals surface area contributed by atoms with Gasteiger partial charge in [0, 0.05) is 24.9 Å². The highest BCUT2D eigenvalue weighted by Gasteiger charge is 2.08. The van der Waals surface area contributed by atoms with Crippen molar-refractivity contribution in [1.29, 1.82) is 0 Å². The van der Waals surface area contributed by atoms with Crippen LogP contribution in [0.4, 0.5) is 5.69 Å². The van der Waals surface area contributed by atoms with E-state index in [0.717, 1.165) is 11.0 Å². The van der Waals surface area contributed by atoms with Gasteiger partial charge < -0.3 is 5.73 Å². The van der Waals surface area contributed by atoms with E-state index in [1.165, 1.54) is 19.2 Å². The second-order valence-corrected chi connectivity index (χ2v) is 5.29. The Hall–Kier alpha value is 0.190. The molecule has 1 nitrogen and oxygen atoms in total. The minimum absolute atomic E-state index is 0.824. The molecule has 1 heterocycles. The van der Waals surface area contributed by atoms with Crippen LogP contribution in [0.2, 0.25) is 0 Å². The van der Waals surface area contributed by atoms with Gasteiger partial charge in [-0.25, -0.2) is 0 Å². The van der Waals surface area contributed by atoms with E-state index in [0.29, 0.717) is 0 Å². The maximum atomic E-state index is 5.93. The fourth-order valence-corrected chi connectivity index (χ4v) is 4.43. The predicted molar refractivity (Wildman–Crippen MR) is 71.6 cm³/mol. The summed E-state index contributed by atoms with van der Waals surface area (Å²) in [5, 5.41) is 4.17. The molecule has 0 atom stereocenters. The van der Waals surface area contributed by atoms with E-state index < -0.39 is 0 Å². The van der Waals surface area contributed by atoms with E-state index in [2.05, 4.69) is 50.0 Å². The van der Waals surface area contributed by atoms with Crippen molar-refractivity contribution >= 4 is 65.6 Å². The average Bonchev–Trinajstić information content (AvgIpc) is 2.53. The fraction of sp³-hybridized carbons (Fsp3) is 0.111. The van der Waals surface area contributed by atoms with Crippen LogP contribution >= 0.6 is 49.9 Å². The smallest absolute Gasteiger partial charge is 0.0480 e. The Morgan fingerprint density at radius 2 is 2.31 bits per heavy atom. The summed E-state index contributed by atoms with van der Waals surface area (Å²) in [6, 6.07) is 4.15. The monoisotopic (exact) mass is 367 g/mol. The van der Waals surface area contributed by atoms with Gasteiger partial charge in [-0.05, 0) is 45.5 Å². The lowest BCUT2D eigenvalue weighted by molar-refractivity contribution is 1.44. The zero-order chi connectivity index (χ0) is 9.42. The number of fused-ring (bicyclic) bond motifs is 1. The van der Waals surface area contributed by atoms with Crippen molar-refractivity contribution in [3.05, 3.63) is 26.6 Å². The second-order valence-electron chi connectivity index (χ2n) is 2.73. The number of thiophene rings is 1. The van der Waals surface area contributed by atoms with Crippen LogP contribution in [0.25, 0.3) is 10.1 Å². The van der Waals surface area contributed by atoms with E-state index in [9.17, 15) is 0 Å². The lowest BCUT2D eigenvalue weighted by Gasteiger charge is -2.05. The molecule has 1 aromatic carbocycles. The van der Waals surface area contributed by atoms with E-state index in [1.54, 1.807) is 11.3 Å². The second kappa shape index (κ2) is 3.74. The lowest BCUT2D eigenvalue weighted by Crippen LogP contribution is -1.94. The minimum Gasteiger partial charge on any atom is -0.398 e. The van der Waals surface area contributed by atoms with Crippen LogP contribution in [-0.2, 0) is 5.33 Å². The Kier molecular flexibility index (Phi) is 2.80. The van der Waals surface area contributed by atoms with Crippen LogP contribution in [0.15, 0.2) is 17.5 Å². The van der Waals surface area contributed by atoms with Crippen molar-refractivity contribution in [2.75, 3.05) is 5.73 Å². The molecule has 13 heavy (non-hydrogen) atoms. The molecule has 2 aromatic rings. The molecule has 0 spiro atoms. The third-order valence-corrected chi connectivity index (χ3v) is 5.02. The molecule has 0 fully saturated rings. The first-order chi connectivity index (χ1) is 6.24. The maximum absolute atomic E-state index is 5.93. The number of benzene rings is 1. The molecule has 1 aromatic heterocycles. The Balaban J connectivity index is 2.85.